The number of aryl methyl sites for hydroxylation is 1. The van der Waals surface area contributed by atoms with Crippen molar-refractivity contribution in [3.63, 3.8) is 0 Å². The van der Waals surface area contributed by atoms with E-state index < -0.39 is 0 Å². The van der Waals surface area contributed by atoms with E-state index in [1.54, 1.807) is 7.11 Å². The molecular formula is C28H30N2O2. The zero-order valence-corrected chi connectivity index (χ0v) is 18.7. The molecule has 32 heavy (non-hydrogen) atoms. The van der Waals surface area contributed by atoms with Crippen LogP contribution in [-0.2, 0) is 11.2 Å². The van der Waals surface area contributed by atoms with Crippen LogP contribution < -0.4 is 10.1 Å². The van der Waals surface area contributed by atoms with Gasteiger partial charge in [-0.15, -0.1) is 0 Å². The first kappa shape index (κ1) is 21.7. The second kappa shape index (κ2) is 10.2. The summed E-state index contributed by atoms with van der Waals surface area (Å²) in [7, 11) is 1.66. The molecule has 0 aliphatic heterocycles. The number of para-hydroxylation sites is 1. The Morgan fingerprint density at radius 3 is 2.44 bits per heavy atom. The number of hydrogen-bond acceptors (Lipinski definition) is 2. The van der Waals surface area contributed by atoms with E-state index in [1.165, 1.54) is 5.56 Å². The van der Waals surface area contributed by atoms with Gasteiger partial charge in [0.15, 0.2) is 0 Å². The zero-order chi connectivity index (χ0) is 22.3. The summed E-state index contributed by atoms with van der Waals surface area (Å²) < 4.78 is 5.32. The van der Waals surface area contributed by atoms with E-state index >= 15 is 0 Å². The number of hydrogen-bond donors (Lipinski definition) is 2. The molecule has 0 bridgehead atoms. The van der Waals surface area contributed by atoms with E-state index in [0.717, 1.165) is 40.6 Å². The number of carbonyl (C=O) groups excluding carboxylic acids is 1. The molecule has 2 N–H and O–H groups in total. The summed E-state index contributed by atoms with van der Waals surface area (Å²) >= 11 is 0. The SMILES string of the molecule is COc1ccc(C(CC(=O)NC(C)CCc2ccccc2)c2c[nH]c3ccccc23)cc1. The number of aromatic nitrogens is 1. The van der Waals surface area contributed by atoms with Gasteiger partial charge in [0.25, 0.3) is 0 Å². The first-order chi connectivity index (χ1) is 15.6. The van der Waals surface area contributed by atoms with Crippen molar-refractivity contribution in [1.29, 1.82) is 0 Å². The highest BCUT2D eigenvalue weighted by atomic mass is 16.5. The Hall–Kier alpha value is -3.53. The molecule has 0 aliphatic rings. The topological polar surface area (TPSA) is 54.1 Å². The lowest BCUT2D eigenvalue weighted by atomic mass is 9.88. The van der Waals surface area contributed by atoms with Crippen LogP contribution in [0.25, 0.3) is 10.9 Å². The molecule has 1 amide bonds. The monoisotopic (exact) mass is 426 g/mol. The Labute approximate surface area is 189 Å². The molecule has 0 radical (unpaired) electrons. The summed E-state index contributed by atoms with van der Waals surface area (Å²) in [5.74, 6) is 0.834. The number of methoxy groups -OCH3 is 1. The zero-order valence-electron chi connectivity index (χ0n) is 18.7. The maximum Gasteiger partial charge on any atom is 0.221 e. The van der Waals surface area contributed by atoms with Crippen molar-refractivity contribution in [3.8, 4) is 5.75 Å². The second-order valence-corrected chi connectivity index (χ2v) is 8.31. The number of amides is 1. The Morgan fingerprint density at radius 1 is 0.969 bits per heavy atom. The van der Waals surface area contributed by atoms with Gasteiger partial charge in [0.05, 0.1) is 7.11 Å². The third-order valence-electron chi connectivity index (χ3n) is 6.02. The molecular weight excluding hydrogens is 396 g/mol. The number of H-pyrrole nitrogens is 1. The van der Waals surface area contributed by atoms with Crippen LogP contribution in [0.15, 0.2) is 85.1 Å². The number of aromatic amines is 1. The van der Waals surface area contributed by atoms with Gasteiger partial charge in [0.2, 0.25) is 5.91 Å². The summed E-state index contributed by atoms with van der Waals surface area (Å²) in [4.78, 5) is 16.4. The van der Waals surface area contributed by atoms with E-state index in [0.29, 0.717) is 6.42 Å². The fourth-order valence-corrected chi connectivity index (χ4v) is 4.25. The summed E-state index contributed by atoms with van der Waals surface area (Å²) in [6.07, 6.45) is 4.29. The average molecular weight is 427 g/mol. The van der Waals surface area contributed by atoms with Crippen LogP contribution in [0.4, 0.5) is 0 Å². The Bertz CT molecular complexity index is 1150. The van der Waals surface area contributed by atoms with Crippen molar-refractivity contribution in [3.05, 3.63) is 102 Å². The molecule has 0 saturated carbocycles. The first-order valence-corrected chi connectivity index (χ1v) is 11.2. The van der Waals surface area contributed by atoms with Gasteiger partial charge in [0.1, 0.15) is 5.75 Å². The summed E-state index contributed by atoms with van der Waals surface area (Å²) in [6.45, 7) is 2.08. The molecule has 1 heterocycles. The Morgan fingerprint density at radius 2 is 1.69 bits per heavy atom. The van der Waals surface area contributed by atoms with Crippen molar-refractivity contribution in [2.45, 2.75) is 38.1 Å². The minimum absolute atomic E-state index is 0.0432. The maximum atomic E-state index is 13.1. The van der Waals surface area contributed by atoms with Gasteiger partial charge in [-0.2, -0.15) is 0 Å². The third-order valence-corrected chi connectivity index (χ3v) is 6.02. The molecule has 1 aromatic heterocycles. The minimum atomic E-state index is -0.0432. The fraction of sp³-hybridized carbons (Fsp3) is 0.250. The van der Waals surface area contributed by atoms with Crippen LogP contribution in [0.2, 0.25) is 0 Å². The number of fused-ring (bicyclic) bond motifs is 1. The van der Waals surface area contributed by atoms with Crippen molar-refractivity contribution in [2.75, 3.05) is 7.11 Å². The molecule has 0 saturated heterocycles. The van der Waals surface area contributed by atoms with E-state index in [2.05, 4.69) is 65.8 Å². The largest absolute Gasteiger partial charge is 0.497 e. The number of nitrogens with one attached hydrogen (secondary N) is 2. The van der Waals surface area contributed by atoms with Gasteiger partial charge < -0.3 is 15.0 Å². The summed E-state index contributed by atoms with van der Waals surface area (Å²) in [5, 5.41) is 4.36. The molecule has 164 valence electrons. The minimum Gasteiger partial charge on any atom is -0.497 e. The van der Waals surface area contributed by atoms with Crippen molar-refractivity contribution in [2.24, 2.45) is 0 Å². The summed E-state index contributed by atoms with van der Waals surface area (Å²) in [5.41, 5.74) is 4.61. The molecule has 3 aromatic carbocycles. The standard InChI is InChI=1S/C28H30N2O2/c1-20(12-13-21-8-4-3-5-9-21)30-28(31)18-25(22-14-16-23(32-2)17-15-22)26-19-29-27-11-7-6-10-24(26)27/h3-11,14-17,19-20,25,29H,12-13,18H2,1-2H3,(H,30,31). The highest BCUT2D eigenvalue weighted by Gasteiger charge is 2.22. The molecule has 0 aliphatic carbocycles. The number of benzene rings is 3. The van der Waals surface area contributed by atoms with Crippen LogP contribution in [0.5, 0.6) is 5.75 Å². The third kappa shape index (κ3) is 5.20. The normalized spacial score (nSPS) is 12.9. The summed E-state index contributed by atoms with van der Waals surface area (Å²) in [6, 6.07) is 26.8. The van der Waals surface area contributed by atoms with Gasteiger partial charge in [-0.05, 0) is 54.7 Å². The van der Waals surface area contributed by atoms with E-state index in [-0.39, 0.29) is 17.9 Å². The molecule has 4 rings (SSSR count). The predicted octanol–water partition coefficient (Wildman–Crippen LogP) is 5.84. The van der Waals surface area contributed by atoms with Gasteiger partial charge >= 0.3 is 0 Å². The molecule has 4 aromatic rings. The van der Waals surface area contributed by atoms with Crippen LogP contribution in [0.1, 0.15) is 42.4 Å². The molecule has 4 heteroatoms. The van der Waals surface area contributed by atoms with Crippen molar-refractivity contribution < 1.29 is 9.53 Å². The second-order valence-electron chi connectivity index (χ2n) is 8.31. The van der Waals surface area contributed by atoms with E-state index in [4.69, 9.17) is 4.74 Å². The average Bonchev–Trinajstić information content (AvgIpc) is 3.26. The quantitative estimate of drug-likeness (QED) is 0.353. The Balaban J connectivity index is 1.50. The van der Waals surface area contributed by atoms with Gasteiger partial charge in [-0.3, -0.25) is 4.79 Å². The molecule has 2 unspecified atom stereocenters. The first-order valence-electron chi connectivity index (χ1n) is 11.2. The lowest BCUT2D eigenvalue weighted by Gasteiger charge is -2.20. The molecule has 0 fully saturated rings. The highest BCUT2D eigenvalue weighted by Crippen LogP contribution is 2.34. The Kier molecular flexibility index (Phi) is 6.90. The fourth-order valence-electron chi connectivity index (χ4n) is 4.25. The molecule has 2 atom stereocenters. The van der Waals surface area contributed by atoms with E-state index in [1.807, 2.05) is 36.5 Å². The smallest absolute Gasteiger partial charge is 0.221 e. The van der Waals surface area contributed by atoms with Crippen LogP contribution in [0.3, 0.4) is 0 Å². The van der Waals surface area contributed by atoms with Crippen LogP contribution in [-0.4, -0.2) is 24.0 Å². The number of rotatable bonds is 9. The molecule has 4 nitrogen and oxygen atoms in total. The van der Waals surface area contributed by atoms with E-state index in [9.17, 15) is 4.79 Å². The van der Waals surface area contributed by atoms with Gasteiger partial charge in [-0.25, -0.2) is 0 Å². The van der Waals surface area contributed by atoms with Gasteiger partial charge in [0, 0.05) is 35.5 Å². The van der Waals surface area contributed by atoms with Crippen LogP contribution >= 0.6 is 0 Å². The van der Waals surface area contributed by atoms with Gasteiger partial charge in [-0.1, -0.05) is 60.7 Å². The van der Waals surface area contributed by atoms with Crippen molar-refractivity contribution in [1.82, 2.24) is 10.3 Å². The molecule has 0 spiro atoms. The van der Waals surface area contributed by atoms with Crippen LogP contribution in [0, 0.1) is 0 Å². The highest BCUT2D eigenvalue weighted by molar-refractivity contribution is 5.86. The maximum absolute atomic E-state index is 13.1. The lowest BCUT2D eigenvalue weighted by Crippen LogP contribution is -2.33. The lowest BCUT2D eigenvalue weighted by molar-refractivity contribution is -0.121. The van der Waals surface area contributed by atoms with Crippen molar-refractivity contribution >= 4 is 16.8 Å². The predicted molar refractivity (Wildman–Crippen MR) is 130 cm³/mol. The number of carbonyl (C=O) groups is 1. The number of ether oxygens (including phenoxy) is 1.